The van der Waals surface area contributed by atoms with Crippen LogP contribution in [0.5, 0.6) is 0 Å². The molecule has 0 N–H and O–H groups in total. The molecule has 0 bridgehead atoms. The molecule has 0 saturated heterocycles. The fourth-order valence-corrected chi connectivity index (χ4v) is 1.73. The number of nitrogens with zero attached hydrogens (tertiary/aromatic N) is 1. The van der Waals surface area contributed by atoms with E-state index in [4.69, 9.17) is 9.47 Å². The monoisotopic (exact) mass is 327 g/mol. The number of ether oxygens (including phenoxy) is 2. The molecule has 0 saturated carbocycles. The minimum absolute atomic E-state index is 0.0302. The summed E-state index contributed by atoms with van der Waals surface area (Å²) in [6.07, 6.45) is -0.950. The van der Waals surface area contributed by atoms with E-state index >= 15 is 0 Å². The molecule has 0 aliphatic rings. The zero-order chi connectivity index (χ0) is 14.4. The zero-order valence-electron chi connectivity index (χ0n) is 10.7. The predicted octanol–water partition coefficient (Wildman–Crippen LogP) is 2.57. The molecule has 19 heavy (non-hydrogen) atoms. The summed E-state index contributed by atoms with van der Waals surface area (Å²) in [6, 6.07) is 5.09. The van der Waals surface area contributed by atoms with Crippen LogP contribution in [0.2, 0.25) is 0 Å². The van der Waals surface area contributed by atoms with E-state index in [1.54, 1.807) is 25.1 Å². The topological polar surface area (TPSA) is 65.5 Å². The third-order valence-electron chi connectivity index (χ3n) is 2.14. The van der Waals surface area contributed by atoms with Crippen LogP contribution in [0.1, 0.15) is 25.6 Å². The summed E-state index contributed by atoms with van der Waals surface area (Å²) < 4.78 is 10.5. The molecule has 0 aromatic carbocycles. The minimum Gasteiger partial charge on any atom is -0.463 e. The Labute approximate surface area is 119 Å². The summed E-state index contributed by atoms with van der Waals surface area (Å²) in [4.78, 5) is 27.0. The van der Waals surface area contributed by atoms with Gasteiger partial charge in [0.05, 0.1) is 17.9 Å². The van der Waals surface area contributed by atoms with Gasteiger partial charge < -0.3 is 9.47 Å². The normalized spacial score (nSPS) is 11.5. The molecule has 0 aliphatic carbocycles. The fourth-order valence-electron chi connectivity index (χ4n) is 1.38. The molecule has 1 unspecified atom stereocenters. The molecule has 0 fully saturated rings. The number of carbonyl (C=O) groups is 2. The van der Waals surface area contributed by atoms with Gasteiger partial charge in [0.1, 0.15) is 4.60 Å². The van der Waals surface area contributed by atoms with Gasteiger partial charge in [-0.1, -0.05) is 12.6 Å². The number of esters is 2. The van der Waals surface area contributed by atoms with Crippen molar-refractivity contribution in [3.63, 3.8) is 0 Å². The molecule has 0 amide bonds. The summed E-state index contributed by atoms with van der Waals surface area (Å²) in [5, 5.41) is 0. The first kappa shape index (κ1) is 15.4. The Bertz CT molecular complexity index is 501. The van der Waals surface area contributed by atoms with E-state index in [2.05, 4.69) is 27.5 Å². The van der Waals surface area contributed by atoms with Gasteiger partial charge in [-0.3, -0.25) is 4.79 Å². The van der Waals surface area contributed by atoms with Crippen molar-refractivity contribution in [2.24, 2.45) is 0 Å². The van der Waals surface area contributed by atoms with Crippen LogP contribution >= 0.6 is 15.9 Å². The van der Waals surface area contributed by atoms with Gasteiger partial charge in [-0.25, -0.2) is 9.78 Å². The van der Waals surface area contributed by atoms with Gasteiger partial charge in [0, 0.05) is 6.92 Å². The van der Waals surface area contributed by atoms with Gasteiger partial charge in [-0.2, -0.15) is 0 Å². The van der Waals surface area contributed by atoms with Crippen molar-refractivity contribution >= 4 is 27.9 Å². The maximum Gasteiger partial charge on any atom is 0.337 e. The molecule has 1 aromatic rings. The van der Waals surface area contributed by atoms with Gasteiger partial charge in [-0.15, -0.1) is 0 Å². The van der Waals surface area contributed by atoms with Crippen LogP contribution in [0.3, 0.4) is 0 Å². The van der Waals surface area contributed by atoms with Gasteiger partial charge >= 0.3 is 11.9 Å². The number of aromatic nitrogens is 1. The lowest BCUT2D eigenvalue weighted by Crippen LogP contribution is -2.19. The Balaban J connectivity index is 3.04. The largest absolute Gasteiger partial charge is 0.463 e. The second-order valence-electron chi connectivity index (χ2n) is 3.62. The maximum absolute atomic E-state index is 11.7. The molecule has 5 nitrogen and oxygen atoms in total. The van der Waals surface area contributed by atoms with Crippen molar-refractivity contribution in [2.45, 2.75) is 20.0 Å². The first-order valence-electron chi connectivity index (χ1n) is 5.61. The van der Waals surface area contributed by atoms with E-state index < -0.39 is 18.0 Å². The summed E-state index contributed by atoms with van der Waals surface area (Å²) in [5.74, 6) is -1.15. The highest BCUT2D eigenvalue weighted by atomic mass is 79.9. The summed E-state index contributed by atoms with van der Waals surface area (Å²) >= 11 is 3.22. The number of hydrogen-bond donors (Lipinski definition) is 0. The third kappa shape index (κ3) is 4.48. The molecule has 1 rings (SSSR count). The van der Waals surface area contributed by atoms with Crippen LogP contribution in [0.4, 0.5) is 0 Å². The average Bonchev–Trinajstić information content (AvgIpc) is 2.35. The minimum atomic E-state index is -0.950. The maximum atomic E-state index is 11.7. The Kier molecular flexibility index (Phi) is 5.69. The highest BCUT2D eigenvalue weighted by molar-refractivity contribution is 9.10. The van der Waals surface area contributed by atoms with Gasteiger partial charge in [-0.05, 0) is 35.0 Å². The lowest BCUT2D eigenvalue weighted by atomic mass is 10.1. The second kappa shape index (κ2) is 7.04. The van der Waals surface area contributed by atoms with Crippen molar-refractivity contribution in [2.75, 3.05) is 6.61 Å². The molecule has 1 aromatic heterocycles. The first-order valence-corrected chi connectivity index (χ1v) is 6.40. The zero-order valence-corrected chi connectivity index (χ0v) is 12.3. The predicted molar refractivity (Wildman–Crippen MR) is 72.2 cm³/mol. The Morgan fingerprint density at radius 3 is 2.68 bits per heavy atom. The van der Waals surface area contributed by atoms with Gasteiger partial charge in [0.25, 0.3) is 0 Å². The lowest BCUT2D eigenvalue weighted by molar-refractivity contribution is -0.148. The summed E-state index contributed by atoms with van der Waals surface area (Å²) in [7, 11) is 0. The van der Waals surface area contributed by atoms with E-state index in [0.29, 0.717) is 10.3 Å². The second-order valence-corrected chi connectivity index (χ2v) is 4.43. The number of halogens is 1. The van der Waals surface area contributed by atoms with E-state index in [1.165, 1.54) is 6.92 Å². The number of pyridine rings is 1. The molecular formula is C13H14BrNO4. The van der Waals surface area contributed by atoms with Crippen molar-refractivity contribution in [1.82, 2.24) is 4.98 Å². The molecule has 0 spiro atoms. The van der Waals surface area contributed by atoms with Gasteiger partial charge in [0.2, 0.25) is 0 Å². The first-order chi connectivity index (χ1) is 8.95. The molecular weight excluding hydrogens is 314 g/mol. The number of hydrogen-bond acceptors (Lipinski definition) is 5. The Hall–Kier alpha value is -1.69. The lowest BCUT2D eigenvalue weighted by Gasteiger charge is -2.18. The van der Waals surface area contributed by atoms with E-state index in [1.807, 2.05) is 0 Å². The smallest absolute Gasteiger partial charge is 0.337 e. The number of carbonyl (C=O) groups excluding carboxylic acids is 2. The van der Waals surface area contributed by atoms with Crippen molar-refractivity contribution in [1.29, 1.82) is 0 Å². The van der Waals surface area contributed by atoms with Crippen LogP contribution in [0, 0.1) is 0 Å². The van der Waals surface area contributed by atoms with Crippen LogP contribution < -0.4 is 0 Å². The number of rotatable bonds is 5. The molecule has 1 atom stereocenters. The highest BCUT2D eigenvalue weighted by Gasteiger charge is 2.26. The summed E-state index contributed by atoms with van der Waals surface area (Å²) in [6.45, 7) is 6.78. The van der Waals surface area contributed by atoms with Crippen LogP contribution in [-0.4, -0.2) is 23.5 Å². The standard InChI is InChI=1S/C13H14BrNO4/c1-4-18-13(17)8(2)12(19-9(3)16)10-6-5-7-11(14)15-10/h5-7,12H,2,4H2,1,3H3. The summed E-state index contributed by atoms with van der Waals surface area (Å²) in [5.41, 5.74) is 0.435. The highest BCUT2D eigenvalue weighted by Crippen LogP contribution is 2.25. The van der Waals surface area contributed by atoms with Crippen molar-refractivity contribution < 1.29 is 19.1 Å². The third-order valence-corrected chi connectivity index (χ3v) is 2.58. The van der Waals surface area contributed by atoms with Crippen molar-refractivity contribution in [3.05, 3.63) is 40.6 Å². The van der Waals surface area contributed by atoms with Crippen LogP contribution in [0.15, 0.2) is 35.0 Å². The average molecular weight is 328 g/mol. The van der Waals surface area contributed by atoms with E-state index in [-0.39, 0.29) is 12.2 Å². The van der Waals surface area contributed by atoms with Crippen molar-refractivity contribution in [3.8, 4) is 0 Å². The van der Waals surface area contributed by atoms with E-state index in [9.17, 15) is 9.59 Å². The van der Waals surface area contributed by atoms with Crippen LogP contribution in [-0.2, 0) is 19.1 Å². The molecule has 102 valence electrons. The molecule has 0 radical (unpaired) electrons. The Morgan fingerprint density at radius 1 is 1.47 bits per heavy atom. The SMILES string of the molecule is C=C(C(=O)OCC)C(OC(C)=O)c1cccc(Br)n1. The molecule has 6 heteroatoms. The Morgan fingerprint density at radius 2 is 2.16 bits per heavy atom. The van der Waals surface area contributed by atoms with Crippen LogP contribution in [0.25, 0.3) is 0 Å². The molecule has 0 aliphatic heterocycles. The quantitative estimate of drug-likeness (QED) is 0.472. The fraction of sp³-hybridized carbons (Fsp3) is 0.308. The van der Waals surface area contributed by atoms with Gasteiger partial charge in [0.15, 0.2) is 6.10 Å². The van der Waals surface area contributed by atoms with E-state index in [0.717, 1.165) is 0 Å². The molecule has 1 heterocycles.